The van der Waals surface area contributed by atoms with Gasteiger partial charge in [0.05, 0.1) is 55.6 Å². The molecule has 0 N–H and O–H groups in total. The van der Waals surface area contributed by atoms with Gasteiger partial charge in [-0.15, -0.1) is 45.3 Å². The largest absolute Gasteiger partial charge is 0.337 e. The van der Waals surface area contributed by atoms with Gasteiger partial charge in [-0.3, -0.25) is 9.59 Å². The Morgan fingerprint density at radius 3 is 1.13 bits per heavy atom. The van der Waals surface area contributed by atoms with Gasteiger partial charge in [-0.2, -0.15) is 10.5 Å². The zero-order valence-corrected chi connectivity index (χ0v) is 72.2. The van der Waals surface area contributed by atoms with E-state index in [1.807, 2.05) is 11.3 Å². The van der Waals surface area contributed by atoms with Crippen molar-refractivity contribution in [1.29, 1.82) is 10.5 Å². The third-order valence-electron chi connectivity index (χ3n) is 22.7. The number of unbranched alkanes of at least 4 members (excludes halogenated alkanes) is 26. The SMILES string of the molecule is CCCCCCCCC(CCCCCC)CN1C(=O)C2=C(c3ccc(-c4ccc(C(C)(C)C)s4)s3)N(CC(CCCCCC)CCCCCCCC)C(=O)C2=C1c1ccc(-c2ccc(C=C(C#N)c3ccc4c5ccc(C(C#N)=CC(C)(C)C)cc5n(C(CCCCCCCC)CCCCCCCC)c4c3)s2)s1. The Morgan fingerprint density at radius 2 is 0.741 bits per heavy atom. The molecule has 0 spiro atoms. The highest BCUT2D eigenvalue weighted by atomic mass is 32.1. The zero-order chi connectivity index (χ0) is 77.0. The second-order valence-corrected chi connectivity index (χ2v) is 38.4. The summed E-state index contributed by atoms with van der Waals surface area (Å²) in [6, 6.07) is 36.6. The predicted molar refractivity (Wildman–Crippen MR) is 473 cm³/mol. The van der Waals surface area contributed by atoms with Crippen molar-refractivity contribution in [2.75, 3.05) is 13.1 Å². The van der Waals surface area contributed by atoms with E-state index >= 15 is 9.59 Å². The fraction of sp³-hybridized carbons (Fsp3) is 0.588. The van der Waals surface area contributed by atoms with Crippen LogP contribution in [0, 0.1) is 39.9 Å². The Labute approximate surface area is 670 Å². The fourth-order valence-electron chi connectivity index (χ4n) is 16.6. The molecule has 2 amide bonds. The lowest BCUT2D eigenvalue weighted by Gasteiger charge is -2.29. The molecule has 0 radical (unpaired) electrons. The summed E-state index contributed by atoms with van der Waals surface area (Å²) in [5, 5.41) is 24.3. The van der Waals surface area contributed by atoms with Crippen molar-refractivity contribution in [3.63, 3.8) is 0 Å². The molecule has 0 saturated carbocycles. The van der Waals surface area contributed by atoms with E-state index in [1.165, 1.54) is 205 Å². The Hall–Kier alpha value is -6.08. The van der Waals surface area contributed by atoms with Crippen LogP contribution in [-0.2, 0) is 15.0 Å². The maximum absolute atomic E-state index is 16.4. The second-order valence-electron chi connectivity index (χ2n) is 34.1. The third-order valence-corrected chi connectivity index (χ3v) is 27.9. The number of benzene rings is 2. The monoisotopic (exact) mass is 1530 g/mol. The standard InChI is InChI=1S/C97H135N5O2S4/c1-13-19-25-31-35-41-47-71(45-39-29-23-17-5)69-100-92(90-91(95(100)104)93(88-60-58-85(107-88)86-61-62-89(108-86)97(10,11)12)101(94(90)103)70-72(46-40-30-24-18-6)48-42-36-32-26-20-14-2)87-59-57-84(106-87)83-56-53-78(105-83)63-75(67-98)73-51-54-79-80-55-52-74(76(68-99)66-96(7,8)9)65-82(80)102(81(79)64-73)77(49-43-37-33-27-21-15-3)50-44-38-34-28-22-16-4/h51-66,71-72,77H,13-50,69-70H2,1-12H3. The number of carbonyl (C=O) groups excluding carboxylic acids is 2. The minimum absolute atomic E-state index is 0.0118. The number of carbonyl (C=O) groups is 2. The molecule has 0 bridgehead atoms. The summed E-state index contributed by atoms with van der Waals surface area (Å²) in [4.78, 5) is 45.9. The molecule has 2 aliphatic rings. The molecule has 0 fully saturated rings. The molecule has 108 heavy (non-hydrogen) atoms. The molecule has 2 aliphatic heterocycles. The molecule has 0 aliphatic carbocycles. The summed E-state index contributed by atoms with van der Waals surface area (Å²) >= 11 is 7.00. The van der Waals surface area contributed by atoms with Crippen LogP contribution in [-0.4, -0.2) is 39.3 Å². The lowest BCUT2D eigenvalue weighted by atomic mass is 9.91. The molecule has 2 atom stereocenters. The maximum Gasteiger partial charge on any atom is 0.261 e. The van der Waals surface area contributed by atoms with E-state index in [0.717, 1.165) is 122 Å². The van der Waals surface area contributed by atoms with Crippen molar-refractivity contribution in [2.24, 2.45) is 17.3 Å². The maximum atomic E-state index is 16.4. The number of amides is 2. The highest BCUT2D eigenvalue weighted by Gasteiger charge is 2.50. The van der Waals surface area contributed by atoms with E-state index in [2.05, 4.69) is 207 Å². The number of allylic oxidation sites excluding steroid dienone is 3. The molecule has 9 rings (SSSR count). The Morgan fingerprint density at radius 1 is 0.398 bits per heavy atom. The number of hydrogen-bond donors (Lipinski definition) is 0. The number of thiophene rings is 4. The topological polar surface area (TPSA) is 93.1 Å². The van der Waals surface area contributed by atoms with Crippen LogP contribution in [0.25, 0.3) is 69.9 Å². The highest BCUT2D eigenvalue weighted by molar-refractivity contribution is 7.23. The van der Waals surface area contributed by atoms with Gasteiger partial charge < -0.3 is 14.4 Å². The van der Waals surface area contributed by atoms with E-state index in [4.69, 9.17) is 0 Å². The lowest BCUT2D eigenvalue weighted by Crippen LogP contribution is -2.34. The van der Waals surface area contributed by atoms with E-state index in [0.29, 0.717) is 47.2 Å². The van der Waals surface area contributed by atoms with Gasteiger partial charge >= 0.3 is 0 Å². The average molecular weight is 1530 g/mol. The molecule has 7 nitrogen and oxygen atoms in total. The van der Waals surface area contributed by atoms with Crippen LogP contribution >= 0.6 is 45.3 Å². The van der Waals surface area contributed by atoms with Gasteiger partial charge in [-0.25, -0.2) is 0 Å². The minimum Gasteiger partial charge on any atom is -0.337 e. The van der Waals surface area contributed by atoms with Crippen molar-refractivity contribution in [2.45, 2.75) is 339 Å². The molecule has 584 valence electrons. The molecular formula is C97H135N5O2S4. The van der Waals surface area contributed by atoms with Crippen LogP contribution in [0.1, 0.15) is 364 Å². The van der Waals surface area contributed by atoms with Gasteiger partial charge in [0.15, 0.2) is 0 Å². The van der Waals surface area contributed by atoms with Crippen LogP contribution in [0.4, 0.5) is 0 Å². The molecule has 7 aromatic rings. The first-order valence-electron chi connectivity index (χ1n) is 43.3. The van der Waals surface area contributed by atoms with Gasteiger partial charge in [0, 0.05) is 70.2 Å². The number of hydrogen-bond acceptors (Lipinski definition) is 8. The Balaban J connectivity index is 1.13. The number of nitrogens with zero attached hydrogens (tertiary/aromatic N) is 5. The smallest absolute Gasteiger partial charge is 0.261 e. The van der Waals surface area contributed by atoms with E-state index in [-0.39, 0.29) is 28.7 Å². The predicted octanol–water partition coefficient (Wildman–Crippen LogP) is 31.2. The first kappa shape index (κ1) is 85.9. The number of rotatable bonds is 50. The molecule has 0 saturated heterocycles. The van der Waals surface area contributed by atoms with Crippen LogP contribution in [0.5, 0.6) is 0 Å². The summed E-state index contributed by atoms with van der Waals surface area (Å²) in [6.45, 7) is 28.3. The Bertz CT molecular complexity index is 4180. The highest BCUT2D eigenvalue weighted by Crippen LogP contribution is 2.52. The number of nitriles is 2. The van der Waals surface area contributed by atoms with E-state index < -0.39 is 0 Å². The average Bonchev–Trinajstić information content (AvgIpc) is 1.55. The van der Waals surface area contributed by atoms with Gasteiger partial charge in [0.1, 0.15) is 0 Å². The summed E-state index contributed by atoms with van der Waals surface area (Å²) in [7, 11) is 0. The molecule has 2 unspecified atom stereocenters. The second kappa shape index (κ2) is 43.7. The number of aromatic nitrogens is 1. The van der Waals surface area contributed by atoms with Crippen LogP contribution in [0.3, 0.4) is 0 Å². The molecule has 5 aromatic heterocycles. The molecule has 2 aromatic carbocycles. The van der Waals surface area contributed by atoms with Crippen LogP contribution in [0.2, 0.25) is 0 Å². The van der Waals surface area contributed by atoms with Crippen molar-refractivity contribution >= 4 is 108 Å². The Kier molecular flexibility index (Phi) is 34.7. The summed E-state index contributed by atoms with van der Waals surface area (Å²) < 4.78 is 2.62. The third kappa shape index (κ3) is 23.7. The zero-order valence-electron chi connectivity index (χ0n) is 68.9. The normalized spacial score (nSPS) is 14.5. The van der Waals surface area contributed by atoms with Crippen molar-refractivity contribution in [3.05, 3.63) is 133 Å². The fourth-order valence-corrected chi connectivity index (χ4v) is 21.0. The molecule has 11 heteroatoms. The summed E-state index contributed by atoms with van der Waals surface area (Å²) in [5.74, 6) is 0.609. The van der Waals surface area contributed by atoms with Crippen LogP contribution < -0.4 is 0 Å². The molecule has 7 heterocycles. The van der Waals surface area contributed by atoms with Crippen molar-refractivity contribution in [1.82, 2.24) is 14.4 Å². The minimum atomic E-state index is -0.161. The number of fused-ring (bicyclic) bond motifs is 4. The molecular weight excluding hydrogens is 1400 g/mol. The van der Waals surface area contributed by atoms with Gasteiger partial charge in [-0.05, 0) is 139 Å². The van der Waals surface area contributed by atoms with Gasteiger partial charge in [0.2, 0.25) is 0 Å². The summed E-state index contributed by atoms with van der Waals surface area (Å²) in [5.41, 5.74) is 8.19. The first-order valence-corrected chi connectivity index (χ1v) is 46.5. The van der Waals surface area contributed by atoms with Gasteiger partial charge in [0.25, 0.3) is 11.8 Å². The van der Waals surface area contributed by atoms with Crippen LogP contribution in [0.15, 0.2) is 102 Å². The first-order chi connectivity index (χ1) is 52.4. The van der Waals surface area contributed by atoms with Crippen molar-refractivity contribution < 1.29 is 9.59 Å². The quantitative estimate of drug-likeness (QED) is 0.0280. The lowest BCUT2D eigenvalue weighted by molar-refractivity contribution is -0.124. The van der Waals surface area contributed by atoms with E-state index in [9.17, 15) is 10.5 Å². The van der Waals surface area contributed by atoms with Gasteiger partial charge in [-0.1, -0.05) is 319 Å². The summed E-state index contributed by atoms with van der Waals surface area (Å²) in [6.07, 6.45) is 49.9. The van der Waals surface area contributed by atoms with Crippen molar-refractivity contribution in [3.8, 4) is 31.6 Å². The van der Waals surface area contributed by atoms with E-state index in [1.54, 1.807) is 34.0 Å².